The first-order valence-electron chi connectivity index (χ1n) is 14.3. The van der Waals surface area contributed by atoms with Gasteiger partial charge in [0.2, 0.25) is 0 Å². The molecular formula is C39H33NO. The van der Waals surface area contributed by atoms with Crippen molar-refractivity contribution < 1.29 is 4.79 Å². The number of allylic oxidation sites excluding steroid dienone is 2. The molecular weight excluding hydrogens is 498 g/mol. The molecule has 5 aromatic rings. The highest BCUT2D eigenvalue weighted by molar-refractivity contribution is 6.11. The second-order valence-electron chi connectivity index (χ2n) is 11.8. The molecule has 0 unspecified atom stereocenters. The van der Waals surface area contributed by atoms with Gasteiger partial charge in [-0.3, -0.25) is 4.79 Å². The Morgan fingerprint density at radius 1 is 0.683 bits per heavy atom. The highest BCUT2D eigenvalue weighted by Crippen LogP contribution is 2.61. The number of carbonyl (C=O) groups excluding carboxylic acids is 1. The molecule has 0 saturated carbocycles. The molecule has 200 valence electrons. The van der Waals surface area contributed by atoms with E-state index in [9.17, 15) is 4.79 Å². The minimum Gasteiger partial charge on any atom is -0.363 e. The zero-order chi connectivity index (χ0) is 28.2. The molecule has 2 atom stereocenters. The summed E-state index contributed by atoms with van der Waals surface area (Å²) in [5, 5.41) is 2.42. The molecule has 0 fully saturated rings. The Labute approximate surface area is 242 Å². The van der Waals surface area contributed by atoms with Crippen molar-refractivity contribution in [3.8, 4) is 0 Å². The van der Waals surface area contributed by atoms with Crippen molar-refractivity contribution in [1.29, 1.82) is 0 Å². The van der Waals surface area contributed by atoms with E-state index in [2.05, 4.69) is 129 Å². The number of hydrogen-bond donors (Lipinski definition) is 0. The summed E-state index contributed by atoms with van der Waals surface area (Å²) >= 11 is 0. The minimum atomic E-state index is -0.669. The van der Waals surface area contributed by atoms with Crippen LogP contribution in [0.1, 0.15) is 40.9 Å². The zero-order valence-electron chi connectivity index (χ0n) is 23.7. The number of Topliss-reactive ketones (excluding diaryl/α,β-unsaturated/α-hetero) is 1. The number of carbonyl (C=O) groups is 1. The molecule has 0 amide bonds. The summed E-state index contributed by atoms with van der Waals surface area (Å²) in [4.78, 5) is 17.4. The summed E-state index contributed by atoms with van der Waals surface area (Å²) in [5.74, 6) is -0.299. The van der Waals surface area contributed by atoms with Crippen LogP contribution in [0.2, 0.25) is 0 Å². The van der Waals surface area contributed by atoms with Crippen LogP contribution in [0.5, 0.6) is 0 Å². The van der Waals surface area contributed by atoms with Crippen LogP contribution in [0.3, 0.4) is 0 Å². The Morgan fingerprint density at radius 3 is 1.95 bits per heavy atom. The molecule has 1 spiro atoms. The van der Waals surface area contributed by atoms with Gasteiger partial charge in [-0.25, -0.2) is 0 Å². The van der Waals surface area contributed by atoms with Crippen molar-refractivity contribution in [1.82, 2.24) is 0 Å². The van der Waals surface area contributed by atoms with Crippen molar-refractivity contribution in [2.45, 2.75) is 24.8 Å². The number of benzene rings is 5. The molecule has 41 heavy (non-hydrogen) atoms. The lowest BCUT2D eigenvalue weighted by Crippen LogP contribution is -2.61. The van der Waals surface area contributed by atoms with Gasteiger partial charge >= 0.3 is 0 Å². The highest BCUT2D eigenvalue weighted by atomic mass is 16.1. The maximum atomic E-state index is 14.9. The van der Waals surface area contributed by atoms with E-state index in [0.717, 1.165) is 27.8 Å². The predicted octanol–water partition coefficient (Wildman–Crippen LogP) is 8.99. The summed E-state index contributed by atoms with van der Waals surface area (Å²) < 4.78 is 0. The van der Waals surface area contributed by atoms with Crippen LogP contribution in [0.25, 0.3) is 21.9 Å². The Hall–Kier alpha value is -4.69. The lowest BCUT2D eigenvalue weighted by Gasteiger charge is -2.52. The van der Waals surface area contributed by atoms with Gasteiger partial charge in [0.15, 0.2) is 5.78 Å². The summed E-state index contributed by atoms with van der Waals surface area (Å²) in [6, 6.07) is 44.0. The van der Waals surface area contributed by atoms with E-state index in [-0.39, 0.29) is 5.78 Å². The van der Waals surface area contributed by atoms with Crippen LogP contribution in [0.4, 0.5) is 5.69 Å². The lowest BCUT2D eigenvalue weighted by molar-refractivity contribution is 0.0885. The van der Waals surface area contributed by atoms with Crippen LogP contribution in [0, 0.1) is 5.92 Å². The smallest absolute Gasteiger partial charge is 0.173 e. The van der Waals surface area contributed by atoms with Crippen LogP contribution in [-0.2, 0) is 5.41 Å². The fraction of sp³-hybridized carbons (Fsp3) is 0.154. The van der Waals surface area contributed by atoms with Crippen molar-refractivity contribution in [2.75, 3.05) is 11.9 Å². The van der Waals surface area contributed by atoms with Gasteiger partial charge in [0, 0.05) is 29.1 Å². The molecule has 1 aliphatic heterocycles. The Bertz CT molecular complexity index is 1830. The monoisotopic (exact) mass is 531 g/mol. The van der Waals surface area contributed by atoms with Crippen LogP contribution >= 0.6 is 0 Å². The third-order valence-electron chi connectivity index (χ3n) is 9.44. The van der Waals surface area contributed by atoms with Crippen LogP contribution in [-0.4, -0.2) is 18.4 Å². The summed E-state index contributed by atoms with van der Waals surface area (Å²) in [6.45, 7) is 4.64. The van der Waals surface area contributed by atoms with E-state index in [1.165, 1.54) is 22.0 Å². The largest absolute Gasteiger partial charge is 0.363 e. The number of nitrogens with zero attached hydrogens (tertiary/aromatic N) is 1. The molecule has 7 rings (SSSR count). The first-order chi connectivity index (χ1) is 19.9. The van der Waals surface area contributed by atoms with Gasteiger partial charge in [-0.05, 0) is 45.4 Å². The first-order valence-corrected chi connectivity index (χ1v) is 14.3. The Kier molecular flexibility index (Phi) is 5.83. The van der Waals surface area contributed by atoms with Crippen molar-refractivity contribution in [3.63, 3.8) is 0 Å². The number of likely N-dealkylation sites (N-methyl/N-ethyl adjacent to an activating group) is 1. The topological polar surface area (TPSA) is 20.3 Å². The molecule has 0 aromatic heterocycles. The molecule has 2 heteroatoms. The van der Waals surface area contributed by atoms with Crippen molar-refractivity contribution in [3.05, 3.63) is 162 Å². The van der Waals surface area contributed by atoms with E-state index in [0.29, 0.717) is 0 Å². The average Bonchev–Trinajstić information content (AvgIpc) is 3.19. The number of fused-ring (bicyclic) bond motifs is 3. The molecule has 0 radical (unpaired) electrons. The van der Waals surface area contributed by atoms with Crippen LogP contribution < -0.4 is 4.90 Å². The van der Waals surface area contributed by atoms with E-state index >= 15 is 0 Å². The molecule has 0 bridgehead atoms. The standard InChI is InChI=1S/C39H33NO/c1-38(2)34-24-23-29-19-13-14-22-32(29)36(34)40(3)39(38)26-31(27-15-7-4-8-16-27)25-33(28-17-9-5-10-18-28)35(39)37(41)30-20-11-6-12-21-30/h4-26,35H,1-3H3/t35-,39-/m1/s1. The van der Waals surface area contributed by atoms with Gasteiger partial charge in [0.05, 0.1) is 11.5 Å². The SMILES string of the molecule is CN1c2c(ccc3ccccc23)C(C)(C)[C@]12C=C(c1ccccc1)C=C(c1ccccc1)[C@@H]2C(=O)c1ccccc1. The maximum absolute atomic E-state index is 14.9. The molecule has 2 aliphatic rings. The zero-order valence-corrected chi connectivity index (χ0v) is 23.7. The van der Waals surface area contributed by atoms with Gasteiger partial charge < -0.3 is 4.90 Å². The van der Waals surface area contributed by atoms with E-state index in [4.69, 9.17) is 0 Å². The predicted molar refractivity (Wildman–Crippen MR) is 171 cm³/mol. The number of anilines is 1. The summed E-state index contributed by atoms with van der Waals surface area (Å²) in [6.07, 6.45) is 4.65. The van der Waals surface area contributed by atoms with Crippen molar-refractivity contribution >= 4 is 33.4 Å². The van der Waals surface area contributed by atoms with Gasteiger partial charge in [0.25, 0.3) is 0 Å². The minimum absolute atomic E-state index is 0.140. The van der Waals surface area contributed by atoms with E-state index < -0.39 is 16.9 Å². The molecule has 1 aliphatic carbocycles. The van der Waals surface area contributed by atoms with Gasteiger partial charge in [-0.1, -0.05) is 141 Å². The molecule has 0 saturated heterocycles. The maximum Gasteiger partial charge on any atom is 0.173 e. The summed E-state index contributed by atoms with van der Waals surface area (Å²) in [7, 11) is 2.19. The normalized spacial score (nSPS) is 21.0. The van der Waals surface area contributed by atoms with Gasteiger partial charge in [-0.15, -0.1) is 0 Å². The second kappa shape index (κ2) is 9.45. The second-order valence-corrected chi connectivity index (χ2v) is 11.8. The molecule has 2 nitrogen and oxygen atoms in total. The van der Waals surface area contributed by atoms with Crippen molar-refractivity contribution in [2.24, 2.45) is 5.92 Å². The number of ketones is 1. The number of hydrogen-bond acceptors (Lipinski definition) is 2. The fourth-order valence-corrected chi connectivity index (χ4v) is 7.41. The van der Waals surface area contributed by atoms with Crippen LogP contribution in [0.15, 0.2) is 140 Å². The Morgan fingerprint density at radius 2 is 1.27 bits per heavy atom. The molecule has 0 N–H and O–H groups in total. The third-order valence-corrected chi connectivity index (χ3v) is 9.44. The summed E-state index contributed by atoms with van der Waals surface area (Å²) in [5.41, 5.74) is 6.56. The fourth-order valence-electron chi connectivity index (χ4n) is 7.41. The highest BCUT2D eigenvalue weighted by Gasteiger charge is 2.62. The molecule has 1 heterocycles. The average molecular weight is 532 g/mol. The third kappa shape index (κ3) is 3.67. The molecule has 5 aromatic carbocycles. The first kappa shape index (κ1) is 25.3. The van der Waals surface area contributed by atoms with Gasteiger partial charge in [0.1, 0.15) is 0 Å². The van der Waals surface area contributed by atoms with E-state index in [1.807, 2.05) is 36.4 Å². The van der Waals surface area contributed by atoms with E-state index in [1.54, 1.807) is 0 Å². The lowest BCUT2D eigenvalue weighted by atomic mass is 9.57. The van der Waals surface area contributed by atoms with Gasteiger partial charge in [-0.2, -0.15) is 0 Å². The Balaban J connectivity index is 1.58. The number of rotatable bonds is 4. The quantitative estimate of drug-likeness (QED) is 0.216.